The molecule has 7 nitrogen and oxygen atoms in total. The summed E-state index contributed by atoms with van der Waals surface area (Å²) in [7, 11) is 0. The van der Waals surface area contributed by atoms with Gasteiger partial charge in [0.15, 0.2) is 5.60 Å². The van der Waals surface area contributed by atoms with Crippen LogP contribution in [-0.2, 0) is 10.4 Å². The quantitative estimate of drug-likeness (QED) is 0.284. The molecule has 1 aromatic heterocycles. The zero-order valence-corrected chi connectivity index (χ0v) is 18.3. The van der Waals surface area contributed by atoms with E-state index in [1.165, 1.54) is 12.3 Å². The van der Waals surface area contributed by atoms with Crippen molar-refractivity contribution in [1.29, 1.82) is 0 Å². The molecule has 170 valence electrons. The van der Waals surface area contributed by atoms with Crippen LogP contribution in [0.2, 0.25) is 0 Å². The van der Waals surface area contributed by atoms with E-state index in [4.69, 9.17) is 9.52 Å². The average Bonchev–Trinajstić information content (AvgIpc) is 3.33. The Hall–Kier alpha value is -4.49. The van der Waals surface area contributed by atoms with Gasteiger partial charge in [-0.1, -0.05) is 66.7 Å². The molecular formula is C27H22N2O5. The van der Waals surface area contributed by atoms with Gasteiger partial charge in [0.05, 0.1) is 11.8 Å². The summed E-state index contributed by atoms with van der Waals surface area (Å²) >= 11 is 0. The van der Waals surface area contributed by atoms with E-state index >= 15 is 0 Å². The van der Waals surface area contributed by atoms with Gasteiger partial charge in [-0.2, -0.15) is 5.10 Å². The van der Waals surface area contributed by atoms with Crippen molar-refractivity contribution < 1.29 is 24.2 Å². The molecule has 34 heavy (non-hydrogen) atoms. The van der Waals surface area contributed by atoms with E-state index in [1.807, 2.05) is 0 Å². The number of carboxylic acid groups (broad SMARTS) is 1. The van der Waals surface area contributed by atoms with Crippen LogP contribution in [0.4, 0.5) is 0 Å². The molecule has 3 aromatic carbocycles. The molecule has 0 saturated heterocycles. The zero-order valence-electron chi connectivity index (χ0n) is 18.3. The van der Waals surface area contributed by atoms with Gasteiger partial charge in [0.25, 0.3) is 5.91 Å². The maximum absolute atomic E-state index is 13.1. The number of nitrogens with zero attached hydrogens (tertiary/aromatic N) is 1. The molecule has 0 spiro atoms. The Kier molecular flexibility index (Phi) is 6.38. The fraction of sp³-hybridized carbons (Fsp3) is 0.0741. The second-order valence-electron chi connectivity index (χ2n) is 7.68. The SMILES string of the molecule is Cc1cc(C(=O)O)ccc1-c1ccc(/C=N\NC(=O)C(O)(c2ccccc2)c2ccccc2)o1. The van der Waals surface area contributed by atoms with Gasteiger partial charge < -0.3 is 14.6 Å². The van der Waals surface area contributed by atoms with E-state index < -0.39 is 17.5 Å². The minimum absolute atomic E-state index is 0.196. The van der Waals surface area contributed by atoms with Crippen LogP contribution in [-0.4, -0.2) is 28.3 Å². The van der Waals surface area contributed by atoms with E-state index in [-0.39, 0.29) is 5.56 Å². The van der Waals surface area contributed by atoms with Gasteiger partial charge in [-0.05, 0) is 47.9 Å². The lowest BCUT2D eigenvalue weighted by atomic mass is 9.85. The highest BCUT2D eigenvalue weighted by molar-refractivity contribution is 5.91. The number of benzene rings is 3. The molecule has 4 rings (SSSR count). The number of hydrogen-bond acceptors (Lipinski definition) is 5. The first-order valence-electron chi connectivity index (χ1n) is 10.5. The molecule has 0 aliphatic carbocycles. The summed E-state index contributed by atoms with van der Waals surface area (Å²) in [5.74, 6) is -0.802. The van der Waals surface area contributed by atoms with Crippen LogP contribution < -0.4 is 5.43 Å². The molecule has 7 heteroatoms. The van der Waals surface area contributed by atoms with Gasteiger partial charge in [-0.25, -0.2) is 10.2 Å². The molecule has 0 aliphatic heterocycles. The number of nitrogens with one attached hydrogen (secondary N) is 1. The van der Waals surface area contributed by atoms with Crippen molar-refractivity contribution in [1.82, 2.24) is 5.43 Å². The normalized spacial score (nSPS) is 11.5. The standard InChI is InChI=1S/C27H22N2O5/c1-18-16-19(25(30)31)12-14-23(18)24-15-13-22(34-24)17-28-29-26(32)27(33,20-8-4-2-5-9-20)21-10-6-3-7-11-21/h2-17,33H,1H3,(H,29,32)(H,30,31)/b28-17-. The van der Waals surface area contributed by atoms with Crippen molar-refractivity contribution in [2.45, 2.75) is 12.5 Å². The molecule has 0 radical (unpaired) electrons. The number of carbonyl (C=O) groups excluding carboxylic acids is 1. The van der Waals surface area contributed by atoms with Gasteiger partial charge in [0, 0.05) is 5.56 Å². The third kappa shape index (κ3) is 4.51. The predicted molar refractivity (Wildman–Crippen MR) is 127 cm³/mol. The second kappa shape index (κ2) is 9.56. The van der Waals surface area contributed by atoms with Crippen LogP contribution in [0.3, 0.4) is 0 Å². The molecule has 4 aromatic rings. The number of carbonyl (C=O) groups is 2. The Morgan fingerprint density at radius 3 is 2.09 bits per heavy atom. The molecule has 3 N–H and O–H groups in total. The lowest BCUT2D eigenvalue weighted by Crippen LogP contribution is -2.43. The summed E-state index contributed by atoms with van der Waals surface area (Å²) in [6.45, 7) is 1.80. The van der Waals surface area contributed by atoms with Crippen molar-refractivity contribution in [2.75, 3.05) is 0 Å². The molecule has 0 aliphatic rings. The average molecular weight is 454 g/mol. The monoisotopic (exact) mass is 454 g/mol. The fourth-order valence-corrected chi connectivity index (χ4v) is 3.66. The lowest BCUT2D eigenvalue weighted by molar-refractivity contribution is -0.136. The molecule has 0 fully saturated rings. The van der Waals surface area contributed by atoms with E-state index in [1.54, 1.807) is 91.9 Å². The van der Waals surface area contributed by atoms with Crippen molar-refractivity contribution >= 4 is 18.1 Å². The summed E-state index contributed by atoms with van der Waals surface area (Å²) in [5.41, 5.74) is 2.99. The number of carboxylic acids is 1. The van der Waals surface area contributed by atoms with Crippen LogP contribution in [0, 0.1) is 6.92 Å². The Morgan fingerprint density at radius 1 is 0.912 bits per heavy atom. The largest absolute Gasteiger partial charge is 0.478 e. The first-order chi connectivity index (χ1) is 16.4. The van der Waals surface area contributed by atoms with Gasteiger partial charge in [-0.3, -0.25) is 4.79 Å². The molecule has 0 atom stereocenters. The summed E-state index contributed by atoms with van der Waals surface area (Å²) in [6, 6.07) is 25.4. The minimum atomic E-state index is -1.93. The summed E-state index contributed by atoms with van der Waals surface area (Å²) in [4.78, 5) is 24.2. The van der Waals surface area contributed by atoms with Crippen molar-refractivity contribution in [2.24, 2.45) is 5.10 Å². The molecular weight excluding hydrogens is 432 g/mol. The first-order valence-corrected chi connectivity index (χ1v) is 10.5. The molecule has 0 saturated carbocycles. The fourth-order valence-electron chi connectivity index (χ4n) is 3.66. The minimum Gasteiger partial charge on any atom is -0.478 e. The number of hydrogen-bond donors (Lipinski definition) is 3. The zero-order chi connectivity index (χ0) is 24.1. The molecule has 0 bridgehead atoms. The van der Waals surface area contributed by atoms with E-state index in [0.29, 0.717) is 22.6 Å². The van der Waals surface area contributed by atoms with Crippen LogP contribution in [0.25, 0.3) is 11.3 Å². The Labute approximate surface area is 196 Å². The summed E-state index contributed by atoms with van der Waals surface area (Å²) < 4.78 is 5.78. The van der Waals surface area contributed by atoms with Crippen molar-refractivity contribution in [3.8, 4) is 11.3 Å². The van der Waals surface area contributed by atoms with Crippen LogP contribution in [0.5, 0.6) is 0 Å². The van der Waals surface area contributed by atoms with Crippen LogP contribution in [0.15, 0.2) is 101 Å². The van der Waals surface area contributed by atoms with Crippen molar-refractivity contribution in [3.63, 3.8) is 0 Å². The van der Waals surface area contributed by atoms with Gasteiger partial charge in [-0.15, -0.1) is 0 Å². The Balaban J connectivity index is 1.54. The highest BCUT2D eigenvalue weighted by atomic mass is 16.4. The number of aryl methyl sites for hydroxylation is 1. The van der Waals surface area contributed by atoms with Gasteiger partial charge in [0.2, 0.25) is 0 Å². The highest BCUT2D eigenvalue weighted by Crippen LogP contribution is 2.30. The number of furan rings is 1. The second-order valence-corrected chi connectivity index (χ2v) is 7.68. The smallest absolute Gasteiger partial charge is 0.335 e. The topological polar surface area (TPSA) is 112 Å². The predicted octanol–water partition coefficient (Wildman–Crippen LogP) is 4.34. The van der Waals surface area contributed by atoms with E-state index in [2.05, 4.69) is 10.5 Å². The van der Waals surface area contributed by atoms with E-state index in [0.717, 1.165) is 11.1 Å². The highest BCUT2D eigenvalue weighted by Gasteiger charge is 2.39. The van der Waals surface area contributed by atoms with Gasteiger partial charge >= 0.3 is 5.97 Å². The molecule has 1 amide bonds. The maximum Gasteiger partial charge on any atom is 0.335 e. The lowest BCUT2D eigenvalue weighted by Gasteiger charge is -2.26. The van der Waals surface area contributed by atoms with Crippen molar-refractivity contribution in [3.05, 3.63) is 119 Å². The maximum atomic E-state index is 13.1. The number of aliphatic hydroxyl groups is 1. The first kappa shape index (κ1) is 22.7. The van der Waals surface area contributed by atoms with E-state index in [9.17, 15) is 14.7 Å². The number of rotatable bonds is 7. The van der Waals surface area contributed by atoms with Gasteiger partial charge in [0.1, 0.15) is 11.5 Å². The third-order valence-corrected chi connectivity index (χ3v) is 5.44. The van der Waals surface area contributed by atoms with Crippen LogP contribution >= 0.6 is 0 Å². The molecule has 0 unspecified atom stereocenters. The summed E-state index contributed by atoms with van der Waals surface area (Å²) in [5, 5.41) is 24.5. The summed E-state index contributed by atoms with van der Waals surface area (Å²) in [6.07, 6.45) is 1.33. The Bertz CT molecular complexity index is 1300. The Morgan fingerprint density at radius 2 is 1.53 bits per heavy atom. The number of hydrazone groups is 1. The number of aromatic carboxylic acids is 1. The third-order valence-electron chi connectivity index (χ3n) is 5.44. The number of amides is 1. The van der Waals surface area contributed by atoms with Crippen LogP contribution in [0.1, 0.15) is 32.8 Å². The molecule has 1 heterocycles.